The van der Waals surface area contributed by atoms with Crippen LogP contribution in [0.2, 0.25) is 0 Å². The summed E-state index contributed by atoms with van der Waals surface area (Å²) in [6.07, 6.45) is 4.47. The van der Waals surface area contributed by atoms with Crippen LogP contribution in [-0.4, -0.2) is 18.8 Å². The molecule has 4 heteroatoms. The Morgan fingerprint density at radius 1 is 0.933 bits per heavy atom. The molecular formula is C26H27NO3. The van der Waals surface area contributed by atoms with Crippen molar-refractivity contribution < 1.29 is 14.3 Å². The van der Waals surface area contributed by atoms with Crippen LogP contribution in [0.15, 0.2) is 66.7 Å². The van der Waals surface area contributed by atoms with Gasteiger partial charge in [-0.3, -0.25) is 0 Å². The van der Waals surface area contributed by atoms with Crippen molar-refractivity contribution in [3.63, 3.8) is 0 Å². The standard InChI is InChI=1S/C26H27NO3/c1-26(17-29-25(28)27-26)22-11-7-21-16-24(14-10-20(21)15-22)30-23-12-8-19(9-13-23)18-5-3-2-4-6-18/h2-7,10-11,14-16,19,23H,8-9,12-13,17H2,1H3,(H,27,28)/t19-,23+,26-/m0/s1. The average molecular weight is 402 g/mol. The Bertz CT molecular complexity index is 1060. The number of amides is 1. The highest BCUT2D eigenvalue weighted by molar-refractivity contribution is 5.85. The van der Waals surface area contributed by atoms with E-state index in [-0.39, 0.29) is 12.2 Å². The van der Waals surface area contributed by atoms with Crippen LogP contribution in [0.25, 0.3) is 10.8 Å². The molecule has 1 saturated carbocycles. The molecule has 1 N–H and O–H groups in total. The van der Waals surface area contributed by atoms with Gasteiger partial charge in [-0.1, -0.05) is 48.5 Å². The molecule has 0 radical (unpaired) electrons. The molecule has 1 aliphatic heterocycles. The molecule has 5 rings (SSSR count). The van der Waals surface area contributed by atoms with Gasteiger partial charge in [0.05, 0.1) is 11.6 Å². The van der Waals surface area contributed by atoms with Crippen LogP contribution in [-0.2, 0) is 10.3 Å². The molecular weight excluding hydrogens is 374 g/mol. The highest BCUT2D eigenvalue weighted by atomic mass is 16.6. The van der Waals surface area contributed by atoms with Gasteiger partial charge in [-0.05, 0) is 78.6 Å². The number of carbonyl (C=O) groups excluding carboxylic acids is 1. The number of hydrogen-bond acceptors (Lipinski definition) is 3. The van der Waals surface area contributed by atoms with Gasteiger partial charge >= 0.3 is 6.09 Å². The Morgan fingerprint density at radius 3 is 2.40 bits per heavy atom. The fourth-order valence-corrected chi connectivity index (χ4v) is 4.73. The number of fused-ring (bicyclic) bond motifs is 1. The van der Waals surface area contributed by atoms with E-state index in [9.17, 15) is 4.79 Å². The molecule has 0 aromatic heterocycles. The van der Waals surface area contributed by atoms with E-state index in [4.69, 9.17) is 9.47 Å². The number of cyclic esters (lactones) is 1. The number of hydrogen-bond donors (Lipinski definition) is 1. The van der Waals surface area contributed by atoms with Gasteiger partial charge in [-0.25, -0.2) is 4.79 Å². The number of benzene rings is 3. The van der Waals surface area contributed by atoms with Crippen LogP contribution in [0.1, 0.15) is 49.7 Å². The molecule has 1 amide bonds. The summed E-state index contributed by atoms with van der Waals surface area (Å²) in [5, 5.41) is 5.18. The lowest BCUT2D eigenvalue weighted by Gasteiger charge is -2.29. The topological polar surface area (TPSA) is 47.6 Å². The van der Waals surface area contributed by atoms with Gasteiger partial charge in [0.1, 0.15) is 12.4 Å². The highest BCUT2D eigenvalue weighted by Crippen LogP contribution is 2.35. The van der Waals surface area contributed by atoms with Gasteiger partial charge in [0, 0.05) is 0 Å². The number of alkyl carbamates (subject to hydrolysis) is 1. The number of rotatable bonds is 4. The lowest BCUT2D eigenvalue weighted by Crippen LogP contribution is -2.37. The molecule has 0 bridgehead atoms. The van der Waals surface area contributed by atoms with Crippen molar-refractivity contribution in [3.8, 4) is 5.75 Å². The minimum Gasteiger partial charge on any atom is -0.490 e. The smallest absolute Gasteiger partial charge is 0.408 e. The average Bonchev–Trinajstić information content (AvgIpc) is 3.14. The molecule has 3 aromatic carbocycles. The largest absolute Gasteiger partial charge is 0.490 e. The van der Waals surface area contributed by atoms with Crippen molar-refractivity contribution in [3.05, 3.63) is 77.9 Å². The third kappa shape index (κ3) is 3.74. The molecule has 4 nitrogen and oxygen atoms in total. The molecule has 1 atom stereocenters. The number of ether oxygens (including phenoxy) is 2. The molecule has 0 spiro atoms. The number of nitrogens with one attached hydrogen (secondary N) is 1. The molecule has 2 fully saturated rings. The van der Waals surface area contributed by atoms with E-state index >= 15 is 0 Å². The van der Waals surface area contributed by atoms with Gasteiger partial charge in [0.15, 0.2) is 0 Å². The Balaban J connectivity index is 1.26. The first-order valence-electron chi connectivity index (χ1n) is 10.8. The van der Waals surface area contributed by atoms with E-state index in [1.54, 1.807) is 0 Å². The monoisotopic (exact) mass is 401 g/mol. The minimum atomic E-state index is -0.474. The first-order chi connectivity index (χ1) is 14.6. The second kappa shape index (κ2) is 7.67. The van der Waals surface area contributed by atoms with E-state index < -0.39 is 5.54 Å². The Kier molecular flexibility index (Phi) is 4.86. The summed E-state index contributed by atoms with van der Waals surface area (Å²) in [5.74, 6) is 1.59. The van der Waals surface area contributed by atoms with Gasteiger partial charge < -0.3 is 14.8 Å². The first kappa shape index (κ1) is 19.0. The molecule has 0 unspecified atom stereocenters. The zero-order chi connectivity index (χ0) is 20.6. The van der Waals surface area contributed by atoms with Crippen molar-refractivity contribution in [2.24, 2.45) is 0 Å². The summed E-state index contributed by atoms with van der Waals surface area (Å²) < 4.78 is 11.4. The zero-order valence-electron chi connectivity index (χ0n) is 17.3. The van der Waals surface area contributed by atoms with E-state index in [0.29, 0.717) is 12.5 Å². The summed E-state index contributed by atoms with van der Waals surface area (Å²) in [7, 11) is 0. The quantitative estimate of drug-likeness (QED) is 0.592. The van der Waals surface area contributed by atoms with Crippen molar-refractivity contribution in [1.82, 2.24) is 5.32 Å². The maximum Gasteiger partial charge on any atom is 0.408 e. The molecule has 2 aliphatic rings. The highest BCUT2D eigenvalue weighted by Gasteiger charge is 2.36. The predicted molar refractivity (Wildman–Crippen MR) is 118 cm³/mol. The second-order valence-electron chi connectivity index (χ2n) is 8.76. The summed E-state index contributed by atoms with van der Waals surface area (Å²) >= 11 is 0. The van der Waals surface area contributed by atoms with Crippen molar-refractivity contribution in [1.29, 1.82) is 0 Å². The van der Waals surface area contributed by atoms with E-state index in [1.165, 1.54) is 18.4 Å². The molecule has 154 valence electrons. The maximum absolute atomic E-state index is 11.5. The zero-order valence-corrected chi connectivity index (χ0v) is 17.3. The lowest BCUT2D eigenvalue weighted by molar-refractivity contribution is 0.146. The molecule has 30 heavy (non-hydrogen) atoms. The van der Waals surface area contributed by atoms with Crippen LogP contribution in [0, 0.1) is 0 Å². The SMILES string of the molecule is C[C@@]1(c2ccc3cc(O[C@H]4CC[C@@H](c5ccccc5)CC4)ccc3c2)COC(=O)N1. The van der Waals surface area contributed by atoms with Crippen LogP contribution < -0.4 is 10.1 Å². The van der Waals surface area contributed by atoms with Gasteiger partial charge in [-0.15, -0.1) is 0 Å². The molecule has 1 heterocycles. The summed E-state index contributed by atoms with van der Waals surface area (Å²) in [5.41, 5.74) is 2.03. The fourth-order valence-electron chi connectivity index (χ4n) is 4.73. The Labute approximate surface area is 177 Å². The normalized spacial score (nSPS) is 26.2. The maximum atomic E-state index is 11.5. The first-order valence-corrected chi connectivity index (χ1v) is 10.8. The predicted octanol–water partition coefficient (Wildman–Crippen LogP) is 5.90. The van der Waals surface area contributed by atoms with Gasteiger partial charge in [0.2, 0.25) is 0 Å². The Hall–Kier alpha value is -3.01. The minimum absolute atomic E-state index is 0.284. The molecule has 1 aliphatic carbocycles. The molecule has 3 aromatic rings. The third-order valence-electron chi connectivity index (χ3n) is 6.57. The van der Waals surface area contributed by atoms with Gasteiger partial charge in [0.25, 0.3) is 0 Å². The fraction of sp³-hybridized carbons (Fsp3) is 0.346. The second-order valence-corrected chi connectivity index (χ2v) is 8.76. The van der Waals surface area contributed by atoms with E-state index in [2.05, 4.69) is 72.0 Å². The van der Waals surface area contributed by atoms with Crippen LogP contribution in [0.5, 0.6) is 5.75 Å². The third-order valence-corrected chi connectivity index (χ3v) is 6.57. The van der Waals surface area contributed by atoms with E-state index in [0.717, 1.165) is 34.9 Å². The molecule has 1 saturated heterocycles. The van der Waals surface area contributed by atoms with Crippen molar-refractivity contribution >= 4 is 16.9 Å². The number of carbonyl (C=O) groups is 1. The van der Waals surface area contributed by atoms with Crippen molar-refractivity contribution in [2.75, 3.05) is 6.61 Å². The van der Waals surface area contributed by atoms with Crippen LogP contribution >= 0.6 is 0 Å². The van der Waals surface area contributed by atoms with Crippen LogP contribution in [0.3, 0.4) is 0 Å². The van der Waals surface area contributed by atoms with Crippen molar-refractivity contribution in [2.45, 2.75) is 50.2 Å². The lowest BCUT2D eigenvalue weighted by atomic mass is 9.83. The van der Waals surface area contributed by atoms with Crippen LogP contribution in [0.4, 0.5) is 4.79 Å². The van der Waals surface area contributed by atoms with Gasteiger partial charge in [-0.2, -0.15) is 0 Å². The van der Waals surface area contributed by atoms with E-state index in [1.807, 2.05) is 6.92 Å². The summed E-state index contributed by atoms with van der Waals surface area (Å²) in [6.45, 7) is 2.34. The Morgan fingerprint density at radius 2 is 1.67 bits per heavy atom. The summed E-state index contributed by atoms with van der Waals surface area (Å²) in [6, 6.07) is 23.4. The summed E-state index contributed by atoms with van der Waals surface area (Å²) in [4.78, 5) is 11.5.